The van der Waals surface area contributed by atoms with Crippen LogP contribution in [-0.2, 0) is 19.3 Å². The molecule has 3 heteroatoms. The average molecular weight is 227 g/mol. The van der Waals surface area contributed by atoms with Gasteiger partial charge in [-0.1, -0.05) is 18.2 Å². The van der Waals surface area contributed by atoms with E-state index in [1.165, 1.54) is 36.6 Å². The molecule has 0 radical (unpaired) electrons. The maximum atomic E-state index is 11.8. The van der Waals surface area contributed by atoms with Crippen LogP contribution in [0.2, 0.25) is 0 Å². The lowest BCUT2D eigenvalue weighted by atomic mass is 10.0. The minimum Gasteiger partial charge on any atom is -0.440 e. The van der Waals surface area contributed by atoms with Gasteiger partial charge in [-0.15, -0.1) is 0 Å². The summed E-state index contributed by atoms with van der Waals surface area (Å²) in [5.41, 5.74) is 3.89. The number of nitrogens with zero attached hydrogens (tertiary/aromatic N) is 1. The molecule has 0 bridgehead atoms. The van der Waals surface area contributed by atoms with Crippen LogP contribution in [0.4, 0.5) is 0 Å². The van der Waals surface area contributed by atoms with Crippen molar-refractivity contribution in [2.45, 2.75) is 25.7 Å². The number of aromatic nitrogens is 1. The molecule has 1 aliphatic carbocycles. The normalized spacial score (nSPS) is 13.6. The van der Waals surface area contributed by atoms with E-state index in [-0.39, 0.29) is 5.78 Å². The highest BCUT2D eigenvalue weighted by molar-refractivity contribution is 5.94. The van der Waals surface area contributed by atoms with Gasteiger partial charge in [-0.25, -0.2) is 4.98 Å². The van der Waals surface area contributed by atoms with Crippen LogP contribution in [0.1, 0.15) is 33.7 Å². The Morgan fingerprint density at radius 2 is 2.18 bits per heavy atom. The Balaban J connectivity index is 1.80. The third-order valence-corrected chi connectivity index (χ3v) is 3.23. The van der Waals surface area contributed by atoms with Gasteiger partial charge < -0.3 is 4.42 Å². The Kier molecular flexibility index (Phi) is 2.52. The number of carbonyl (C=O) groups is 1. The molecule has 0 atom stereocenters. The third kappa shape index (κ3) is 2.00. The van der Waals surface area contributed by atoms with E-state index in [0.717, 1.165) is 12.0 Å². The first-order chi connectivity index (χ1) is 8.33. The monoisotopic (exact) mass is 227 g/mol. The van der Waals surface area contributed by atoms with E-state index < -0.39 is 0 Å². The molecule has 0 spiro atoms. The first-order valence-corrected chi connectivity index (χ1v) is 5.85. The van der Waals surface area contributed by atoms with Crippen molar-refractivity contribution in [1.82, 2.24) is 4.98 Å². The summed E-state index contributed by atoms with van der Waals surface area (Å²) < 4.78 is 5.00. The van der Waals surface area contributed by atoms with Gasteiger partial charge in [0.15, 0.2) is 12.2 Å². The number of rotatable bonds is 3. The third-order valence-electron chi connectivity index (χ3n) is 3.23. The molecular formula is C14H13NO2. The molecule has 0 fully saturated rings. The quantitative estimate of drug-likeness (QED) is 0.757. The SMILES string of the molecule is O=C(Cc1ccc2c(c1)CCC2)c1cnco1. The Bertz CT molecular complexity index is 543. The van der Waals surface area contributed by atoms with Crippen LogP contribution in [0.5, 0.6) is 0 Å². The van der Waals surface area contributed by atoms with Crippen LogP contribution in [0.25, 0.3) is 0 Å². The molecule has 1 aliphatic rings. The number of carbonyl (C=O) groups excluding carboxylic acids is 1. The molecule has 1 aromatic heterocycles. The largest absolute Gasteiger partial charge is 0.440 e. The van der Waals surface area contributed by atoms with Gasteiger partial charge in [-0.2, -0.15) is 0 Å². The summed E-state index contributed by atoms with van der Waals surface area (Å²) in [5, 5.41) is 0. The summed E-state index contributed by atoms with van der Waals surface area (Å²) in [5.74, 6) is 0.325. The van der Waals surface area contributed by atoms with E-state index in [1.54, 1.807) is 0 Å². The second kappa shape index (κ2) is 4.17. The predicted octanol–water partition coefficient (Wildman–Crippen LogP) is 2.59. The Labute approximate surface area is 99.5 Å². The van der Waals surface area contributed by atoms with Crippen LogP contribution in [0.15, 0.2) is 35.2 Å². The van der Waals surface area contributed by atoms with E-state index in [2.05, 4.69) is 17.1 Å². The van der Waals surface area contributed by atoms with Crippen molar-refractivity contribution in [3.63, 3.8) is 0 Å². The van der Waals surface area contributed by atoms with Gasteiger partial charge in [-0.05, 0) is 36.0 Å². The molecule has 3 rings (SSSR count). The molecule has 17 heavy (non-hydrogen) atoms. The second-order valence-corrected chi connectivity index (χ2v) is 4.42. The zero-order valence-corrected chi connectivity index (χ0v) is 9.48. The first-order valence-electron chi connectivity index (χ1n) is 5.85. The van der Waals surface area contributed by atoms with E-state index >= 15 is 0 Å². The number of ketones is 1. The molecule has 0 saturated carbocycles. The number of fused-ring (bicyclic) bond motifs is 1. The minimum absolute atomic E-state index is 0.0135. The van der Waals surface area contributed by atoms with Crippen molar-refractivity contribution in [3.05, 3.63) is 53.2 Å². The molecule has 86 valence electrons. The molecule has 3 nitrogen and oxygen atoms in total. The van der Waals surface area contributed by atoms with E-state index in [1.807, 2.05) is 6.07 Å². The zero-order valence-electron chi connectivity index (χ0n) is 9.48. The molecular weight excluding hydrogens is 214 g/mol. The molecule has 2 aromatic rings. The first kappa shape index (κ1) is 10.3. The van der Waals surface area contributed by atoms with Gasteiger partial charge in [0.05, 0.1) is 6.20 Å². The number of hydrogen-bond donors (Lipinski definition) is 0. The van der Waals surface area contributed by atoms with E-state index in [9.17, 15) is 4.79 Å². The van der Waals surface area contributed by atoms with Gasteiger partial charge in [0.25, 0.3) is 0 Å². The standard InChI is InChI=1S/C14H13NO2/c16-13(14-8-15-9-17-14)7-10-4-5-11-2-1-3-12(11)6-10/h4-6,8-9H,1-3,7H2. The summed E-state index contributed by atoms with van der Waals surface area (Å²) in [6, 6.07) is 6.33. The summed E-state index contributed by atoms with van der Waals surface area (Å²) >= 11 is 0. The van der Waals surface area contributed by atoms with Gasteiger partial charge in [0.1, 0.15) is 0 Å². The van der Waals surface area contributed by atoms with Gasteiger partial charge in [0.2, 0.25) is 5.78 Å². The van der Waals surface area contributed by atoms with Crippen LogP contribution in [0.3, 0.4) is 0 Å². The predicted molar refractivity (Wildman–Crippen MR) is 63.0 cm³/mol. The Hall–Kier alpha value is -1.90. The maximum absolute atomic E-state index is 11.8. The Morgan fingerprint density at radius 3 is 3.00 bits per heavy atom. The van der Waals surface area contributed by atoms with Gasteiger partial charge in [-0.3, -0.25) is 4.79 Å². The summed E-state index contributed by atoms with van der Waals surface area (Å²) in [4.78, 5) is 15.6. The molecule has 0 saturated heterocycles. The highest BCUT2D eigenvalue weighted by Gasteiger charge is 2.14. The van der Waals surface area contributed by atoms with Crippen LogP contribution < -0.4 is 0 Å². The van der Waals surface area contributed by atoms with Crippen LogP contribution >= 0.6 is 0 Å². The fraction of sp³-hybridized carbons (Fsp3) is 0.286. The van der Waals surface area contributed by atoms with Crippen LogP contribution in [0, 0.1) is 0 Å². The van der Waals surface area contributed by atoms with Crippen molar-refractivity contribution < 1.29 is 9.21 Å². The molecule has 0 aliphatic heterocycles. The Morgan fingerprint density at radius 1 is 1.29 bits per heavy atom. The molecule has 1 heterocycles. The summed E-state index contributed by atoms with van der Waals surface area (Å²) in [6.45, 7) is 0. The van der Waals surface area contributed by atoms with Crippen molar-refractivity contribution in [3.8, 4) is 0 Å². The number of oxazole rings is 1. The lowest BCUT2D eigenvalue weighted by Crippen LogP contribution is -2.02. The second-order valence-electron chi connectivity index (χ2n) is 4.42. The average Bonchev–Trinajstić information content (AvgIpc) is 2.99. The summed E-state index contributed by atoms with van der Waals surface area (Å²) in [6.07, 6.45) is 6.69. The summed E-state index contributed by atoms with van der Waals surface area (Å²) in [7, 11) is 0. The van der Waals surface area contributed by atoms with Gasteiger partial charge >= 0.3 is 0 Å². The highest BCUT2D eigenvalue weighted by Crippen LogP contribution is 2.23. The maximum Gasteiger partial charge on any atom is 0.204 e. The van der Waals surface area contributed by atoms with Crippen LogP contribution in [-0.4, -0.2) is 10.8 Å². The minimum atomic E-state index is -0.0135. The fourth-order valence-corrected chi connectivity index (χ4v) is 2.36. The number of hydrogen-bond acceptors (Lipinski definition) is 3. The number of aryl methyl sites for hydroxylation is 2. The number of benzene rings is 1. The lowest BCUT2D eigenvalue weighted by molar-refractivity contribution is 0.0966. The van der Waals surface area contributed by atoms with Gasteiger partial charge in [0, 0.05) is 6.42 Å². The van der Waals surface area contributed by atoms with Crippen molar-refractivity contribution in [2.24, 2.45) is 0 Å². The molecule has 0 amide bonds. The van der Waals surface area contributed by atoms with Crippen molar-refractivity contribution in [1.29, 1.82) is 0 Å². The zero-order chi connectivity index (χ0) is 11.7. The van der Waals surface area contributed by atoms with E-state index in [4.69, 9.17) is 4.42 Å². The lowest BCUT2D eigenvalue weighted by Gasteiger charge is -2.03. The smallest absolute Gasteiger partial charge is 0.204 e. The highest BCUT2D eigenvalue weighted by atomic mass is 16.3. The fourth-order valence-electron chi connectivity index (χ4n) is 2.36. The topological polar surface area (TPSA) is 43.1 Å². The molecule has 1 aromatic carbocycles. The van der Waals surface area contributed by atoms with Crippen molar-refractivity contribution in [2.75, 3.05) is 0 Å². The number of Topliss-reactive ketones (excluding diaryl/α,β-unsaturated/α-hetero) is 1. The van der Waals surface area contributed by atoms with Crippen molar-refractivity contribution >= 4 is 5.78 Å². The molecule has 0 N–H and O–H groups in total. The van der Waals surface area contributed by atoms with E-state index in [0.29, 0.717) is 12.2 Å². The molecule has 0 unspecified atom stereocenters.